The molecule has 0 amide bonds. The quantitative estimate of drug-likeness (QED) is 0.630. The minimum Gasteiger partial charge on any atom is -0.318 e. The van der Waals surface area contributed by atoms with Crippen LogP contribution in [-0.4, -0.2) is 25.0 Å². The van der Waals surface area contributed by atoms with Crippen molar-refractivity contribution >= 4 is 28.6 Å². The van der Waals surface area contributed by atoms with Crippen molar-refractivity contribution in [1.29, 1.82) is 0 Å². The zero-order valence-electron chi connectivity index (χ0n) is 12.9. The van der Waals surface area contributed by atoms with Crippen molar-refractivity contribution in [2.45, 2.75) is 18.5 Å². The van der Waals surface area contributed by atoms with E-state index in [0.717, 1.165) is 22.4 Å². The van der Waals surface area contributed by atoms with Gasteiger partial charge in [0.15, 0.2) is 5.84 Å². The van der Waals surface area contributed by atoms with Crippen LogP contribution in [0.5, 0.6) is 0 Å². The molecule has 4 heterocycles. The van der Waals surface area contributed by atoms with Gasteiger partial charge in [0, 0.05) is 29.3 Å². The standard InChI is InChI=1S/C17H12ClFN6/c18-25-22-21-16-9-4-3-5-10(19)15(9)13-8-14(24(16)25)17-20-11-6-1-2-7-12(11)23(13)17/h1-7,13-14,22H,8H2/t13-,14-/m1/s1. The molecule has 2 bridgehead atoms. The van der Waals surface area contributed by atoms with Crippen LogP contribution in [0.4, 0.5) is 4.39 Å². The van der Waals surface area contributed by atoms with Crippen LogP contribution in [0.15, 0.2) is 47.6 Å². The molecule has 0 unspecified atom stereocenters. The van der Waals surface area contributed by atoms with Gasteiger partial charge in [-0.3, -0.25) is 0 Å². The highest BCUT2D eigenvalue weighted by molar-refractivity contribution is 6.15. The van der Waals surface area contributed by atoms with E-state index in [1.807, 2.05) is 35.3 Å². The number of hydrogen-bond donors (Lipinski definition) is 1. The van der Waals surface area contributed by atoms with Gasteiger partial charge in [-0.05, 0) is 22.8 Å². The van der Waals surface area contributed by atoms with Crippen molar-refractivity contribution in [2.75, 3.05) is 0 Å². The number of nitrogens with zero attached hydrogens (tertiary/aromatic N) is 5. The number of rotatable bonds is 0. The number of hydrogen-bond acceptors (Lipinski definition) is 5. The number of nitrogens with one attached hydrogen (secondary N) is 1. The fraction of sp³-hybridized carbons (Fsp3) is 0.176. The summed E-state index contributed by atoms with van der Waals surface area (Å²) in [6.45, 7) is 0. The monoisotopic (exact) mass is 354 g/mol. The third-order valence-electron chi connectivity index (χ3n) is 5.25. The number of para-hydroxylation sites is 2. The van der Waals surface area contributed by atoms with Gasteiger partial charge < -0.3 is 4.57 Å². The SMILES string of the molecule is Fc1cccc2c1[C@H]1C[C@H](c3nc4ccccc4n31)N1C2=NNN1Cl. The second-order valence-electron chi connectivity index (χ2n) is 6.44. The number of imidazole rings is 1. The number of halogens is 2. The lowest BCUT2D eigenvalue weighted by molar-refractivity contribution is 0.0789. The van der Waals surface area contributed by atoms with Crippen molar-refractivity contribution in [3.05, 3.63) is 65.2 Å². The molecule has 1 aromatic heterocycles. The summed E-state index contributed by atoms with van der Waals surface area (Å²) in [4.78, 5) is 4.81. The summed E-state index contributed by atoms with van der Waals surface area (Å²) < 4.78 is 18.4. The van der Waals surface area contributed by atoms with E-state index in [2.05, 4.69) is 15.2 Å². The predicted molar refractivity (Wildman–Crippen MR) is 90.8 cm³/mol. The number of benzene rings is 2. The number of fused-ring (bicyclic) bond motifs is 6. The molecule has 0 fully saturated rings. The van der Waals surface area contributed by atoms with Crippen molar-refractivity contribution in [2.24, 2.45) is 5.10 Å². The zero-order valence-corrected chi connectivity index (χ0v) is 13.7. The predicted octanol–water partition coefficient (Wildman–Crippen LogP) is 3.08. The fourth-order valence-corrected chi connectivity index (χ4v) is 4.51. The third kappa shape index (κ3) is 1.57. The molecule has 0 aliphatic carbocycles. The molecule has 25 heavy (non-hydrogen) atoms. The lowest BCUT2D eigenvalue weighted by Gasteiger charge is -2.28. The van der Waals surface area contributed by atoms with Crippen LogP contribution in [0, 0.1) is 5.82 Å². The molecule has 6 nitrogen and oxygen atoms in total. The minimum atomic E-state index is -0.232. The molecule has 8 heteroatoms. The molecule has 3 aromatic rings. The first-order valence-corrected chi connectivity index (χ1v) is 8.42. The van der Waals surface area contributed by atoms with Gasteiger partial charge in [0.05, 0.1) is 17.1 Å². The van der Waals surface area contributed by atoms with Crippen LogP contribution in [0.2, 0.25) is 0 Å². The molecule has 6 rings (SSSR count). The van der Waals surface area contributed by atoms with E-state index in [4.69, 9.17) is 16.8 Å². The Balaban J connectivity index is 1.73. The van der Waals surface area contributed by atoms with Gasteiger partial charge in [-0.2, -0.15) is 0 Å². The van der Waals surface area contributed by atoms with E-state index in [1.54, 1.807) is 6.07 Å². The number of hydrazine groups is 2. The highest BCUT2D eigenvalue weighted by atomic mass is 35.5. The summed E-state index contributed by atoms with van der Waals surface area (Å²) in [5.74, 6) is 1.27. The van der Waals surface area contributed by atoms with Crippen LogP contribution >= 0.6 is 11.8 Å². The topological polar surface area (TPSA) is 48.7 Å². The van der Waals surface area contributed by atoms with Crippen LogP contribution in [0.3, 0.4) is 0 Å². The largest absolute Gasteiger partial charge is 0.318 e. The van der Waals surface area contributed by atoms with E-state index < -0.39 is 0 Å². The van der Waals surface area contributed by atoms with Crippen LogP contribution in [0.25, 0.3) is 11.0 Å². The highest BCUT2D eigenvalue weighted by Crippen LogP contribution is 2.49. The lowest BCUT2D eigenvalue weighted by Crippen LogP contribution is -2.41. The van der Waals surface area contributed by atoms with Gasteiger partial charge in [-0.25, -0.2) is 19.9 Å². The summed E-state index contributed by atoms with van der Waals surface area (Å²) >= 11 is 6.32. The van der Waals surface area contributed by atoms with E-state index in [-0.39, 0.29) is 17.9 Å². The molecule has 0 saturated carbocycles. The molecule has 2 atom stereocenters. The molecule has 3 aliphatic heterocycles. The summed E-state index contributed by atoms with van der Waals surface area (Å²) in [6, 6.07) is 12.8. The van der Waals surface area contributed by atoms with Crippen molar-refractivity contribution in [3.8, 4) is 0 Å². The normalized spacial score (nSPS) is 23.8. The maximum absolute atomic E-state index is 14.9. The molecule has 2 aromatic carbocycles. The van der Waals surface area contributed by atoms with Crippen LogP contribution < -0.4 is 5.53 Å². The van der Waals surface area contributed by atoms with E-state index in [0.29, 0.717) is 17.8 Å². The molecule has 1 N–H and O–H groups in total. The maximum atomic E-state index is 14.9. The van der Waals surface area contributed by atoms with Crippen LogP contribution in [0.1, 0.15) is 35.5 Å². The van der Waals surface area contributed by atoms with Gasteiger partial charge in [-0.15, -0.1) is 5.10 Å². The Morgan fingerprint density at radius 2 is 2.00 bits per heavy atom. The van der Waals surface area contributed by atoms with E-state index >= 15 is 0 Å². The second kappa shape index (κ2) is 4.50. The number of hydrazone groups is 1. The van der Waals surface area contributed by atoms with Gasteiger partial charge in [0.25, 0.3) is 0 Å². The molecule has 124 valence electrons. The Morgan fingerprint density at radius 3 is 2.92 bits per heavy atom. The van der Waals surface area contributed by atoms with E-state index in [9.17, 15) is 4.39 Å². The van der Waals surface area contributed by atoms with Gasteiger partial charge in [0.2, 0.25) is 0 Å². The molecular formula is C17H12ClFN6. The van der Waals surface area contributed by atoms with Crippen molar-refractivity contribution in [1.82, 2.24) is 24.7 Å². The average Bonchev–Trinajstić information content (AvgIpc) is 3.24. The summed E-state index contributed by atoms with van der Waals surface area (Å²) in [5.41, 5.74) is 6.06. The molecule has 0 radical (unpaired) electrons. The zero-order chi connectivity index (χ0) is 16.7. The summed E-state index contributed by atoms with van der Waals surface area (Å²) in [5, 5.41) is 6.16. The number of aromatic nitrogens is 2. The highest BCUT2D eigenvalue weighted by Gasteiger charge is 2.48. The number of amidine groups is 1. The second-order valence-corrected chi connectivity index (χ2v) is 6.76. The lowest BCUT2D eigenvalue weighted by atomic mass is 9.98. The molecular weight excluding hydrogens is 343 g/mol. The van der Waals surface area contributed by atoms with Crippen molar-refractivity contribution in [3.63, 3.8) is 0 Å². The van der Waals surface area contributed by atoms with Gasteiger partial charge in [-0.1, -0.05) is 24.3 Å². The Kier molecular flexibility index (Phi) is 2.45. The summed E-state index contributed by atoms with van der Waals surface area (Å²) in [7, 11) is 0. The molecule has 3 aliphatic rings. The summed E-state index contributed by atoms with van der Waals surface area (Å²) in [6.07, 6.45) is 0.686. The minimum absolute atomic E-state index is 0.115. The first-order valence-electron chi connectivity index (χ1n) is 8.08. The average molecular weight is 355 g/mol. The Labute approximate surface area is 147 Å². The van der Waals surface area contributed by atoms with E-state index in [1.165, 1.54) is 10.7 Å². The Hall–Kier alpha value is -2.64. The molecule has 0 spiro atoms. The third-order valence-corrected chi connectivity index (χ3v) is 5.48. The van der Waals surface area contributed by atoms with Crippen molar-refractivity contribution < 1.29 is 4.39 Å². The fourth-order valence-electron chi connectivity index (χ4n) is 4.30. The first-order chi connectivity index (χ1) is 12.2. The first kappa shape index (κ1) is 13.6. The maximum Gasteiger partial charge on any atom is 0.175 e. The molecule has 0 saturated heterocycles. The smallest absolute Gasteiger partial charge is 0.175 e. The van der Waals surface area contributed by atoms with Gasteiger partial charge in [0.1, 0.15) is 17.7 Å². The Morgan fingerprint density at radius 1 is 1.12 bits per heavy atom. The van der Waals surface area contributed by atoms with Crippen LogP contribution in [-0.2, 0) is 0 Å². The van der Waals surface area contributed by atoms with Gasteiger partial charge >= 0.3 is 0 Å². The Bertz CT molecular complexity index is 1080.